The van der Waals surface area contributed by atoms with E-state index in [2.05, 4.69) is 305 Å². The highest BCUT2D eigenvalue weighted by Crippen LogP contribution is 2.51. The Balaban J connectivity index is 0.975. The van der Waals surface area contributed by atoms with Crippen molar-refractivity contribution in [2.24, 2.45) is 0 Å². The Kier molecular flexibility index (Phi) is 10.2. The van der Waals surface area contributed by atoms with Crippen molar-refractivity contribution in [1.29, 1.82) is 0 Å². The third-order valence-corrected chi connectivity index (χ3v) is 19.5. The highest BCUT2D eigenvalue weighted by molar-refractivity contribution is 7.02. The first-order valence-electron chi connectivity index (χ1n) is 30.5. The van der Waals surface area contributed by atoms with Crippen LogP contribution < -0.4 is 52.2 Å². The Morgan fingerprint density at radius 1 is 0.256 bits per heavy atom. The van der Waals surface area contributed by atoms with Gasteiger partial charge in [0.25, 0.3) is 13.4 Å². The molecule has 0 spiro atoms. The second-order valence-corrected chi connectivity index (χ2v) is 26.4. The van der Waals surface area contributed by atoms with Crippen LogP contribution >= 0.6 is 0 Å². The Morgan fingerprint density at radius 2 is 0.640 bits per heavy atom. The zero-order chi connectivity index (χ0) is 57.5. The molecule has 4 aliphatic heterocycles. The van der Waals surface area contributed by atoms with Crippen LogP contribution in [0.5, 0.6) is 11.5 Å². The zero-order valence-electron chi connectivity index (χ0n) is 49.1. The SMILES string of the molecule is CC(C)(C)c1cc2c3c(c1)N(c1ccccc1)c1cc4c(cc1B3c1ccccc1O2)B1c2ccccc2N(c2ccc3c5ccccc5c5ccccc5c3c2)c2cc(C(C)(C)C)cc(c21)N4c1ccc2c3ccccc3c3ccccc3c2c1. The molecule has 406 valence electrons. The summed E-state index contributed by atoms with van der Waals surface area (Å²) >= 11 is 0. The Hall–Kier alpha value is -10.0. The number of benzene rings is 14. The molecule has 0 bridgehead atoms. The van der Waals surface area contributed by atoms with E-state index in [0.717, 1.165) is 34.2 Å². The number of rotatable bonds is 3. The summed E-state index contributed by atoms with van der Waals surface area (Å²) in [4.78, 5) is 7.81. The predicted octanol–water partition coefficient (Wildman–Crippen LogP) is 17.7. The summed E-state index contributed by atoms with van der Waals surface area (Å²) < 4.78 is 7.12. The van der Waals surface area contributed by atoms with Gasteiger partial charge in [-0.05, 0) is 198 Å². The summed E-state index contributed by atoms with van der Waals surface area (Å²) in [6.07, 6.45) is 0. The zero-order valence-corrected chi connectivity index (χ0v) is 49.1. The highest BCUT2D eigenvalue weighted by atomic mass is 16.5. The minimum atomic E-state index is -0.213. The number of hydrogen-bond donors (Lipinski definition) is 0. The minimum absolute atomic E-state index is 0.101. The van der Waals surface area contributed by atoms with Gasteiger partial charge in [0.15, 0.2) is 0 Å². The van der Waals surface area contributed by atoms with Gasteiger partial charge in [-0.3, -0.25) is 0 Å². The van der Waals surface area contributed by atoms with Gasteiger partial charge >= 0.3 is 0 Å². The number of ether oxygens (including phenoxy) is 1. The number of hydrogen-bond acceptors (Lipinski definition) is 4. The maximum absolute atomic E-state index is 7.12. The van der Waals surface area contributed by atoms with Crippen LogP contribution in [0.1, 0.15) is 52.7 Å². The first-order valence-corrected chi connectivity index (χ1v) is 30.5. The number of fused-ring (bicyclic) bond motifs is 20. The maximum atomic E-state index is 7.12. The van der Waals surface area contributed by atoms with Crippen LogP contribution in [-0.2, 0) is 10.8 Å². The van der Waals surface area contributed by atoms with Gasteiger partial charge < -0.3 is 19.4 Å². The molecule has 14 aromatic rings. The second kappa shape index (κ2) is 17.8. The molecule has 0 amide bonds. The second-order valence-electron chi connectivity index (χ2n) is 26.4. The number of para-hydroxylation sites is 3. The monoisotopic (exact) mass is 1100 g/mol. The molecule has 0 radical (unpaired) electrons. The third kappa shape index (κ3) is 6.96. The van der Waals surface area contributed by atoms with Gasteiger partial charge in [-0.1, -0.05) is 211 Å². The molecule has 18 rings (SSSR count). The van der Waals surface area contributed by atoms with Crippen LogP contribution in [0.3, 0.4) is 0 Å². The van der Waals surface area contributed by atoms with Gasteiger partial charge in [-0.15, -0.1) is 0 Å². The van der Waals surface area contributed by atoms with Gasteiger partial charge in [-0.25, -0.2) is 0 Å². The van der Waals surface area contributed by atoms with Crippen molar-refractivity contribution in [2.75, 3.05) is 14.7 Å². The van der Waals surface area contributed by atoms with Crippen molar-refractivity contribution in [3.63, 3.8) is 0 Å². The van der Waals surface area contributed by atoms with Gasteiger partial charge in [0.1, 0.15) is 11.5 Å². The summed E-state index contributed by atoms with van der Waals surface area (Å²) in [7, 11) is 0. The van der Waals surface area contributed by atoms with Crippen LogP contribution in [0.25, 0.3) is 64.6 Å². The quantitative estimate of drug-likeness (QED) is 0.130. The molecule has 14 aromatic carbocycles. The van der Waals surface area contributed by atoms with Crippen molar-refractivity contribution in [1.82, 2.24) is 0 Å². The Morgan fingerprint density at radius 3 is 1.15 bits per heavy atom. The Labute approximate surface area is 502 Å². The van der Waals surface area contributed by atoms with E-state index >= 15 is 0 Å². The van der Waals surface area contributed by atoms with Crippen LogP contribution in [-0.4, -0.2) is 13.4 Å². The molecule has 4 nitrogen and oxygen atoms in total. The van der Waals surface area contributed by atoms with E-state index in [1.165, 1.54) is 137 Å². The lowest BCUT2D eigenvalue weighted by molar-refractivity contribution is 0.483. The van der Waals surface area contributed by atoms with Gasteiger partial charge in [0.2, 0.25) is 0 Å². The van der Waals surface area contributed by atoms with Crippen molar-refractivity contribution in [3.05, 3.63) is 260 Å². The average molecular weight is 1100 g/mol. The molecule has 4 aliphatic rings. The van der Waals surface area contributed by atoms with Crippen molar-refractivity contribution in [3.8, 4) is 11.5 Å². The van der Waals surface area contributed by atoms with Crippen LogP contribution in [0.15, 0.2) is 249 Å². The van der Waals surface area contributed by atoms with E-state index in [-0.39, 0.29) is 24.3 Å². The normalized spacial score (nSPS) is 13.9. The van der Waals surface area contributed by atoms with Crippen LogP contribution in [0, 0.1) is 0 Å². The molecule has 0 unspecified atom stereocenters. The minimum Gasteiger partial charge on any atom is -0.458 e. The van der Waals surface area contributed by atoms with Crippen LogP contribution in [0.4, 0.5) is 51.2 Å². The van der Waals surface area contributed by atoms with E-state index in [1.807, 2.05) is 0 Å². The summed E-state index contributed by atoms with van der Waals surface area (Å²) in [6.45, 7) is 13.8. The summed E-state index contributed by atoms with van der Waals surface area (Å²) in [5.41, 5.74) is 20.1. The topological polar surface area (TPSA) is 19.0 Å². The molecule has 0 saturated carbocycles. The van der Waals surface area contributed by atoms with Gasteiger partial charge in [-0.2, -0.15) is 0 Å². The third-order valence-electron chi connectivity index (χ3n) is 19.5. The first-order chi connectivity index (χ1) is 41.9. The molecular formula is C80H59B2N3O. The summed E-state index contributed by atoms with van der Waals surface area (Å²) in [5, 5.41) is 15.1. The lowest BCUT2D eigenvalue weighted by Gasteiger charge is -2.47. The lowest BCUT2D eigenvalue weighted by Crippen LogP contribution is -2.64. The molecule has 86 heavy (non-hydrogen) atoms. The number of nitrogens with zero attached hydrogens (tertiary/aromatic N) is 3. The average Bonchev–Trinajstić information content (AvgIpc) is 0.709. The smallest absolute Gasteiger partial charge is 0.256 e. The summed E-state index contributed by atoms with van der Waals surface area (Å²) in [5.74, 6) is 1.84. The fourth-order valence-corrected chi connectivity index (χ4v) is 15.5. The molecule has 0 atom stereocenters. The van der Waals surface area contributed by atoms with E-state index in [1.54, 1.807) is 0 Å². The first kappa shape index (κ1) is 49.4. The fraction of sp³-hybridized carbons (Fsp3) is 0.100. The molecule has 6 heteroatoms. The molecule has 4 heterocycles. The summed E-state index contributed by atoms with van der Waals surface area (Å²) in [6, 6.07) is 94.5. The largest absolute Gasteiger partial charge is 0.458 e. The molecular weight excluding hydrogens is 1040 g/mol. The molecule has 0 fully saturated rings. The van der Waals surface area contributed by atoms with E-state index in [0.29, 0.717) is 0 Å². The van der Waals surface area contributed by atoms with Crippen molar-refractivity contribution < 1.29 is 4.74 Å². The molecule has 0 saturated heterocycles. The van der Waals surface area contributed by atoms with E-state index < -0.39 is 0 Å². The highest BCUT2D eigenvalue weighted by Gasteiger charge is 2.48. The van der Waals surface area contributed by atoms with E-state index in [4.69, 9.17) is 4.74 Å². The molecule has 0 aliphatic carbocycles. The van der Waals surface area contributed by atoms with Gasteiger partial charge in [0.05, 0.1) is 0 Å². The number of anilines is 9. The molecule has 0 N–H and O–H groups in total. The maximum Gasteiger partial charge on any atom is 0.256 e. The Bertz CT molecular complexity index is 5220. The van der Waals surface area contributed by atoms with Gasteiger partial charge in [0, 0.05) is 51.2 Å². The van der Waals surface area contributed by atoms with Crippen LogP contribution in [0.2, 0.25) is 0 Å². The standard InChI is InChI=1S/C80H59B2N3O/c1-79(2,3)48-40-72-77-73(41-48)85(52-37-39-62-58-29-13-11-25-54(58)56-27-15-17-31-60(56)64(62)45-52)71-47-70-68(82-66-33-19-21-35-75(66)86-76-43-49(80(4,5)6)42-74(78(76)82)83(70)50-22-8-7-9-23-50)46-67(71)81(77)65-32-18-20-34-69(65)84(72)51-36-38-61-57-28-12-10-24-53(57)55-26-14-16-30-59(55)63(61)44-51/h7-47H,1-6H3. The van der Waals surface area contributed by atoms with Crippen molar-refractivity contribution in [2.45, 2.75) is 52.4 Å². The predicted molar refractivity (Wildman–Crippen MR) is 369 cm³/mol. The van der Waals surface area contributed by atoms with E-state index in [9.17, 15) is 0 Å². The fourth-order valence-electron chi connectivity index (χ4n) is 15.5. The molecule has 0 aromatic heterocycles. The lowest BCUT2D eigenvalue weighted by atomic mass is 9.30. The van der Waals surface area contributed by atoms with Crippen molar-refractivity contribution >= 4 is 162 Å².